The van der Waals surface area contributed by atoms with E-state index in [0.717, 1.165) is 21.9 Å². The molecular formula is C37H34N4O5S2. The molecule has 0 aliphatic carbocycles. The lowest BCUT2D eigenvalue weighted by molar-refractivity contribution is -0.115. The lowest BCUT2D eigenvalue weighted by Gasteiger charge is -2.14. The number of benzene rings is 4. The van der Waals surface area contributed by atoms with Gasteiger partial charge in [-0.05, 0) is 80.6 Å². The molecule has 5 rings (SSSR count). The zero-order chi connectivity index (χ0) is 33.9. The highest BCUT2D eigenvalue weighted by atomic mass is 32.2. The van der Waals surface area contributed by atoms with Gasteiger partial charge in [0.1, 0.15) is 17.2 Å². The standard InChI is InChI=1S/C37H34N4O5S2/c1-4-46-29-19-17-25(18-20-29)32-23-47-37(40-32)41-34(42)24(2)48-30-15-10-14-28(22-30)38-36(44)31(21-27-13-8-9-16-33(27)45-3)39-35(43)26-11-6-5-7-12-26/h5-24H,4H2,1-3H3,(H,38,44)(H,39,43)(H,40,41,42)/b31-21+. The number of anilines is 2. The number of amides is 3. The van der Waals surface area contributed by atoms with E-state index < -0.39 is 17.1 Å². The van der Waals surface area contributed by atoms with Gasteiger partial charge in [0.2, 0.25) is 5.91 Å². The predicted octanol–water partition coefficient (Wildman–Crippen LogP) is 7.75. The number of nitrogens with zero attached hydrogens (tertiary/aromatic N) is 1. The number of nitrogens with one attached hydrogen (secondary N) is 3. The van der Waals surface area contributed by atoms with E-state index in [1.807, 2.05) is 60.8 Å². The third kappa shape index (κ3) is 9.11. The van der Waals surface area contributed by atoms with Crippen molar-refractivity contribution in [2.45, 2.75) is 24.0 Å². The van der Waals surface area contributed by atoms with Gasteiger partial charge in [-0.15, -0.1) is 23.1 Å². The van der Waals surface area contributed by atoms with Crippen LogP contribution >= 0.6 is 23.1 Å². The Hall–Kier alpha value is -5.39. The van der Waals surface area contributed by atoms with E-state index in [2.05, 4.69) is 20.9 Å². The first-order valence-corrected chi connectivity index (χ1v) is 16.9. The maximum Gasteiger partial charge on any atom is 0.272 e. The molecule has 244 valence electrons. The van der Waals surface area contributed by atoms with Crippen LogP contribution in [0.25, 0.3) is 17.3 Å². The molecule has 0 aliphatic rings. The van der Waals surface area contributed by atoms with Crippen LogP contribution in [-0.4, -0.2) is 41.7 Å². The van der Waals surface area contributed by atoms with Gasteiger partial charge in [-0.1, -0.05) is 42.5 Å². The molecule has 0 saturated heterocycles. The third-order valence-corrected chi connectivity index (χ3v) is 8.79. The average Bonchev–Trinajstić information content (AvgIpc) is 3.57. The minimum Gasteiger partial charge on any atom is -0.496 e. The first-order chi connectivity index (χ1) is 23.3. The highest BCUT2D eigenvalue weighted by Crippen LogP contribution is 2.30. The van der Waals surface area contributed by atoms with Gasteiger partial charge < -0.3 is 25.4 Å². The second-order valence-corrected chi connectivity index (χ2v) is 12.6. The van der Waals surface area contributed by atoms with E-state index in [-0.39, 0.29) is 11.6 Å². The van der Waals surface area contributed by atoms with Crippen molar-refractivity contribution >= 4 is 57.7 Å². The topological polar surface area (TPSA) is 119 Å². The van der Waals surface area contributed by atoms with Crippen molar-refractivity contribution < 1.29 is 23.9 Å². The summed E-state index contributed by atoms with van der Waals surface area (Å²) in [4.78, 5) is 45.0. The third-order valence-electron chi connectivity index (χ3n) is 6.94. The van der Waals surface area contributed by atoms with E-state index in [0.29, 0.717) is 34.3 Å². The molecule has 3 N–H and O–H groups in total. The zero-order valence-electron chi connectivity index (χ0n) is 26.6. The Kier molecular flexibility index (Phi) is 11.6. The maximum absolute atomic E-state index is 13.6. The molecule has 4 aromatic carbocycles. The van der Waals surface area contributed by atoms with E-state index in [9.17, 15) is 14.4 Å². The van der Waals surface area contributed by atoms with Gasteiger partial charge in [0.15, 0.2) is 5.13 Å². The largest absolute Gasteiger partial charge is 0.496 e. The van der Waals surface area contributed by atoms with E-state index in [4.69, 9.17) is 9.47 Å². The van der Waals surface area contributed by atoms with Gasteiger partial charge in [-0.25, -0.2) is 4.98 Å². The first-order valence-electron chi connectivity index (χ1n) is 15.1. The second kappa shape index (κ2) is 16.4. The highest BCUT2D eigenvalue weighted by Gasteiger charge is 2.19. The number of thiazole rings is 1. The Bertz CT molecular complexity index is 1910. The van der Waals surface area contributed by atoms with Gasteiger partial charge in [0, 0.05) is 32.7 Å². The fourth-order valence-electron chi connectivity index (χ4n) is 4.55. The number of hydrogen-bond acceptors (Lipinski definition) is 8. The van der Waals surface area contributed by atoms with Gasteiger partial charge >= 0.3 is 0 Å². The fourth-order valence-corrected chi connectivity index (χ4v) is 6.20. The van der Waals surface area contributed by atoms with Crippen LogP contribution in [0.2, 0.25) is 0 Å². The molecule has 9 nitrogen and oxygen atoms in total. The Labute approximate surface area is 287 Å². The maximum atomic E-state index is 13.6. The van der Waals surface area contributed by atoms with Crippen LogP contribution < -0.4 is 25.4 Å². The summed E-state index contributed by atoms with van der Waals surface area (Å²) in [6, 6.07) is 30.7. The molecule has 3 amide bonds. The number of hydrogen-bond donors (Lipinski definition) is 3. The van der Waals surface area contributed by atoms with Crippen molar-refractivity contribution in [2.24, 2.45) is 0 Å². The van der Waals surface area contributed by atoms with Crippen molar-refractivity contribution in [3.63, 3.8) is 0 Å². The van der Waals surface area contributed by atoms with Crippen molar-refractivity contribution in [3.05, 3.63) is 125 Å². The quantitative estimate of drug-likeness (QED) is 0.0861. The molecule has 48 heavy (non-hydrogen) atoms. The van der Waals surface area contributed by atoms with Gasteiger partial charge in [0.25, 0.3) is 11.8 Å². The van der Waals surface area contributed by atoms with Gasteiger partial charge in [0.05, 0.1) is 24.7 Å². The molecular weight excluding hydrogens is 645 g/mol. The van der Waals surface area contributed by atoms with Crippen molar-refractivity contribution in [1.82, 2.24) is 10.3 Å². The van der Waals surface area contributed by atoms with E-state index in [1.54, 1.807) is 67.6 Å². The normalized spacial score (nSPS) is 11.7. The Morgan fingerprint density at radius 2 is 1.67 bits per heavy atom. The van der Waals surface area contributed by atoms with Crippen molar-refractivity contribution in [1.29, 1.82) is 0 Å². The molecule has 1 atom stereocenters. The molecule has 1 unspecified atom stereocenters. The zero-order valence-corrected chi connectivity index (χ0v) is 28.2. The molecule has 0 saturated carbocycles. The number of para-hydroxylation sites is 1. The molecule has 1 heterocycles. The highest BCUT2D eigenvalue weighted by molar-refractivity contribution is 8.00. The smallest absolute Gasteiger partial charge is 0.272 e. The van der Waals surface area contributed by atoms with Crippen molar-refractivity contribution in [2.75, 3.05) is 24.4 Å². The minimum atomic E-state index is -0.523. The number of aromatic nitrogens is 1. The molecule has 1 aromatic heterocycles. The predicted molar refractivity (Wildman–Crippen MR) is 193 cm³/mol. The second-order valence-electron chi connectivity index (χ2n) is 10.3. The van der Waals surface area contributed by atoms with Crippen molar-refractivity contribution in [3.8, 4) is 22.8 Å². The molecule has 0 fully saturated rings. The SMILES string of the molecule is CCOc1ccc(-c2csc(NC(=O)C(C)Sc3cccc(NC(=O)/C(=C\c4ccccc4OC)NC(=O)c4ccccc4)c3)n2)cc1. The molecule has 5 aromatic rings. The Morgan fingerprint density at radius 3 is 2.42 bits per heavy atom. The number of ether oxygens (including phenoxy) is 2. The molecule has 11 heteroatoms. The summed E-state index contributed by atoms with van der Waals surface area (Å²) in [6.45, 7) is 4.34. The summed E-state index contributed by atoms with van der Waals surface area (Å²) < 4.78 is 10.9. The molecule has 0 aliphatic heterocycles. The van der Waals surface area contributed by atoms with Crippen LogP contribution in [0.1, 0.15) is 29.8 Å². The minimum absolute atomic E-state index is 0.0345. The number of methoxy groups -OCH3 is 1. The molecule has 0 bridgehead atoms. The Morgan fingerprint density at radius 1 is 0.917 bits per heavy atom. The monoisotopic (exact) mass is 678 g/mol. The number of thioether (sulfide) groups is 1. The van der Waals surface area contributed by atoms with Crippen LogP contribution in [0.4, 0.5) is 10.8 Å². The van der Waals surface area contributed by atoms with Crippen LogP contribution in [0.3, 0.4) is 0 Å². The summed E-state index contributed by atoms with van der Waals surface area (Å²) in [5.74, 6) is 0.187. The lowest BCUT2D eigenvalue weighted by atomic mass is 10.1. The van der Waals surface area contributed by atoms with Crippen LogP contribution in [0, 0.1) is 0 Å². The first kappa shape index (κ1) is 34.0. The summed E-state index contributed by atoms with van der Waals surface area (Å²) in [5.41, 5.74) is 3.25. The summed E-state index contributed by atoms with van der Waals surface area (Å²) in [7, 11) is 1.54. The van der Waals surface area contributed by atoms with Gasteiger partial charge in [-0.2, -0.15) is 0 Å². The molecule has 0 spiro atoms. The fraction of sp³-hybridized carbons (Fsp3) is 0.135. The lowest BCUT2D eigenvalue weighted by Crippen LogP contribution is -2.30. The number of carbonyl (C=O) groups is 3. The average molecular weight is 679 g/mol. The number of carbonyl (C=O) groups excluding carboxylic acids is 3. The van der Waals surface area contributed by atoms with Crippen LogP contribution in [0.15, 0.2) is 119 Å². The summed E-state index contributed by atoms with van der Waals surface area (Å²) >= 11 is 2.70. The Balaban J connectivity index is 1.25. The molecule has 0 radical (unpaired) electrons. The van der Waals surface area contributed by atoms with Crippen LogP contribution in [0.5, 0.6) is 11.5 Å². The van der Waals surface area contributed by atoms with Gasteiger partial charge in [-0.3, -0.25) is 14.4 Å². The summed E-state index contributed by atoms with van der Waals surface area (Å²) in [6.07, 6.45) is 1.57. The van der Waals surface area contributed by atoms with Crippen LogP contribution in [-0.2, 0) is 9.59 Å². The summed E-state index contributed by atoms with van der Waals surface area (Å²) in [5, 5.41) is 10.5. The number of rotatable bonds is 13. The van der Waals surface area contributed by atoms with E-state index >= 15 is 0 Å². The van der Waals surface area contributed by atoms with E-state index in [1.165, 1.54) is 30.2 Å².